The van der Waals surface area contributed by atoms with Crippen molar-refractivity contribution in [2.45, 2.75) is 13.3 Å². The van der Waals surface area contributed by atoms with E-state index in [9.17, 15) is 9.59 Å². The number of carbonyl (C=O) groups excluding carboxylic acids is 2. The predicted molar refractivity (Wildman–Crippen MR) is 95.1 cm³/mol. The molecule has 0 spiro atoms. The lowest BCUT2D eigenvalue weighted by Crippen LogP contribution is -2.23. The van der Waals surface area contributed by atoms with Crippen LogP contribution in [0.15, 0.2) is 36.4 Å². The van der Waals surface area contributed by atoms with Crippen LogP contribution in [0.4, 0.5) is 0 Å². The zero-order chi connectivity index (χ0) is 17.1. The van der Waals surface area contributed by atoms with E-state index >= 15 is 0 Å². The minimum atomic E-state index is -0.524. The topological polar surface area (TPSA) is 34.1 Å². The highest BCUT2D eigenvalue weighted by Crippen LogP contribution is 2.33. The molecule has 23 heavy (non-hydrogen) atoms. The first kappa shape index (κ1) is 18.3. The number of hydrogen-bond acceptors (Lipinski definition) is 2. The third-order valence-electron chi connectivity index (χ3n) is 3.28. The molecule has 0 aliphatic heterocycles. The smallest absolute Gasteiger partial charge is 0.181 e. The molecule has 0 N–H and O–H groups in total. The van der Waals surface area contributed by atoms with E-state index in [1.54, 1.807) is 43.3 Å². The molecule has 119 valence electrons. The van der Waals surface area contributed by atoms with Gasteiger partial charge in [-0.3, -0.25) is 9.59 Å². The summed E-state index contributed by atoms with van der Waals surface area (Å²) in [7, 11) is 0. The van der Waals surface area contributed by atoms with Crippen molar-refractivity contribution in [2.75, 3.05) is 0 Å². The molecule has 0 unspecified atom stereocenters. The largest absolute Gasteiger partial charge is 0.293 e. The third-order valence-corrected chi connectivity index (χ3v) is 4.54. The van der Waals surface area contributed by atoms with Gasteiger partial charge in [-0.1, -0.05) is 65.5 Å². The zero-order valence-electron chi connectivity index (χ0n) is 12.0. The lowest BCUT2D eigenvalue weighted by Gasteiger charge is -2.15. The van der Waals surface area contributed by atoms with Gasteiger partial charge < -0.3 is 0 Å². The predicted octanol–water partition coefficient (Wildman–Crippen LogP) is 6.35. The summed E-state index contributed by atoms with van der Waals surface area (Å²) in [5.41, 5.74) is 0.202. The molecule has 2 aromatic rings. The Bertz CT molecular complexity index is 667. The van der Waals surface area contributed by atoms with E-state index in [1.807, 2.05) is 0 Å². The Kier molecular flexibility index (Phi) is 6.10. The van der Waals surface area contributed by atoms with Gasteiger partial charge in [-0.25, -0.2) is 0 Å². The van der Waals surface area contributed by atoms with E-state index in [-0.39, 0.29) is 43.6 Å². The van der Waals surface area contributed by atoms with Gasteiger partial charge in [0, 0.05) is 0 Å². The third kappa shape index (κ3) is 3.72. The van der Waals surface area contributed by atoms with Crippen molar-refractivity contribution in [2.24, 2.45) is 0 Å². The monoisotopic (exact) mass is 387 g/mol. The fourth-order valence-electron chi connectivity index (χ4n) is 2.16. The molecule has 0 fully saturated rings. The van der Waals surface area contributed by atoms with Crippen LogP contribution in [-0.2, 0) is 0 Å². The molecule has 0 bridgehead atoms. The molecule has 0 amide bonds. The summed E-state index contributed by atoms with van der Waals surface area (Å²) in [6, 6.07) is 9.42. The van der Waals surface area contributed by atoms with Crippen LogP contribution in [0.5, 0.6) is 0 Å². The summed E-state index contributed by atoms with van der Waals surface area (Å²) in [6.07, 6.45) is 0.195. The van der Waals surface area contributed by atoms with Crippen molar-refractivity contribution in [3.8, 4) is 0 Å². The fraction of sp³-hybridized carbons (Fsp3) is 0.118. The second-order valence-electron chi connectivity index (χ2n) is 4.68. The van der Waals surface area contributed by atoms with Crippen LogP contribution in [0, 0.1) is 5.92 Å². The normalized spacial score (nSPS) is 10.9. The first-order chi connectivity index (χ1) is 10.9. The summed E-state index contributed by atoms with van der Waals surface area (Å²) in [5.74, 6) is -1.02. The molecule has 0 atom stereocenters. The van der Waals surface area contributed by atoms with Crippen molar-refractivity contribution in [1.82, 2.24) is 0 Å². The quantitative estimate of drug-likeness (QED) is 0.441. The Hall–Kier alpha value is -1.06. The Balaban J connectivity index is 2.48. The molecule has 0 saturated carbocycles. The number of benzene rings is 2. The minimum Gasteiger partial charge on any atom is -0.293 e. The first-order valence-corrected chi connectivity index (χ1v) is 8.22. The van der Waals surface area contributed by atoms with Gasteiger partial charge in [0.1, 0.15) is 5.92 Å². The Morgan fingerprint density at radius 3 is 1.30 bits per heavy atom. The van der Waals surface area contributed by atoms with Crippen LogP contribution in [0.2, 0.25) is 20.1 Å². The number of halogens is 4. The van der Waals surface area contributed by atoms with Crippen LogP contribution in [0.3, 0.4) is 0 Å². The van der Waals surface area contributed by atoms with E-state index < -0.39 is 11.6 Å². The number of carbonyl (C=O) groups is 2. The summed E-state index contributed by atoms with van der Waals surface area (Å²) in [4.78, 5) is 25.5. The molecular formula is C17H11Cl4O2. The van der Waals surface area contributed by atoms with E-state index in [2.05, 4.69) is 0 Å². The Morgan fingerprint density at radius 1 is 0.739 bits per heavy atom. The van der Waals surface area contributed by atoms with Crippen molar-refractivity contribution in [3.05, 3.63) is 73.5 Å². The summed E-state index contributed by atoms with van der Waals surface area (Å²) >= 11 is 24.2. The van der Waals surface area contributed by atoms with Gasteiger partial charge >= 0.3 is 0 Å². The molecular weight excluding hydrogens is 378 g/mol. The summed E-state index contributed by atoms with van der Waals surface area (Å²) < 4.78 is 0. The highest BCUT2D eigenvalue weighted by Gasteiger charge is 2.32. The fourth-order valence-corrected chi connectivity index (χ4v) is 3.29. The van der Waals surface area contributed by atoms with E-state index in [1.165, 1.54) is 0 Å². The molecule has 0 heterocycles. The summed E-state index contributed by atoms with van der Waals surface area (Å²) in [6.45, 7) is 1.70. The average Bonchev–Trinajstić information content (AvgIpc) is 2.47. The van der Waals surface area contributed by atoms with E-state index in [4.69, 9.17) is 46.4 Å². The highest BCUT2D eigenvalue weighted by molar-refractivity contribution is 6.45. The minimum absolute atomic E-state index is 0.0231. The molecule has 0 aromatic heterocycles. The zero-order valence-corrected chi connectivity index (χ0v) is 15.0. The number of hydrogen-bond donors (Lipinski definition) is 0. The van der Waals surface area contributed by atoms with Crippen LogP contribution in [-0.4, -0.2) is 11.6 Å². The number of rotatable bonds is 5. The maximum absolute atomic E-state index is 12.7. The van der Waals surface area contributed by atoms with Gasteiger partial charge in [0.15, 0.2) is 11.6 Å². The highest BCUT2D eigenvalue weighted by atomic mass is 35.5. The van der Waals surface area contributed by atoms with Crippen molar-refractivity contribution < 1.29 is 9.59 Å². The second kappa shape index (κ2) is 7.67. The average molecular weight is 389 g/mol. The standard InChI is InChI=1S/C17H11Cl4O2/c1-2-9(16(22)14-10(18)5-3-6-11(14)19)17(23)15-12(20)7-4-8-13(15)21/h3-8H,2H2,1H3. The Morgan fingerprint density at radius 2 is 1.04 bits per heavy atom. The molecule has 6 heteroatoms. The van der Waals surface area contributed by atoms with E-state index in [0.717, 1.165) is 0 Å². The molecule has 2 aromatic carbocycles. The molecule has 0 aliphatic carbocycles. The molecule has 0 aliphatic rings. The van der Waals surface area contributed by atoms with Crippen molar-refractivity contribution in [1.29, 1.82) is 0 Å². The van der Waals surface area contributed by atoms with E-state index in [0.29, 0.717) is 0 Å². The van der Waals surface area contributed by atoms with Gasteiger partial charge in [-0.05, 0) is 30.7 Å². The lowest BCUT2D eigenvalue weighted by molar-refractivity contribution is 0.0918. The van der Waals surface area contributed by atoms with Crippen molar-refractivity contribution >= 4 is 58.0 Å². The van der Waals surface area contributed by atoms with Gasteiger partial charge in [0.05, 0.1) is 31.2 Å². The number of Topliss-reactive ketones (excluding diaryl/α,β-unsaturated/α-hetero) is 2. The van der Waals surface area contributed by atoms with Gasteiger partial charge in [0.2, 0.25) is 0 Å². The maximum atomic E-state index is 12.7. The first-order valence-electron chi connectivity index (χ1n) is 6.71. The number of ketones is 2. The molecule has 2 nitrogen and oxygen atoms in total. The van der Waals surface area contributed by atoms with Gasteiger partial charge in [-0.15, -0.1) is 0 Å². The van der Waals surface area contributed by atoms with Gasteiger partial charge in [0.25, 0.3) is 0 Å². The van der Waals surface area contributed by atoms with Crippen LogP contribution < -0.4 is 0 Å². The molecule has 2 rings (SSSR count). The van der Waals surface area contributed by atoms with Crippen LogP contribution in [0.25, 0.3) is 0 Å². The molecule has 1 radical (unpaired) electrons. The molecule has 0 saturated heterocycles. The Labute approximate surface area is 154 Å². The second-order valence-corrected chi connectivity index (χ2v) is 6.31. The van der Waals surface area contributed by atoms with Gasteiger partial charge in [-0.2, -0.15) is 0 Å². The summed E-state index contributed by atoms with van der Waals surface area (Å²) in [5, 5.41) is 0.746. The lowest BCUT2D eigenvalue weighted by atomic mass is 9.88. The SMILES string of the molecule is CC[C](C(=O)c1c(Cl)cccc1Cl)C(=O)c1c(Cl)cccc1Cl. The van der Waals surface area contributed by atoms with Crippen molar-refractivity contribution in [3.63, 3.8) is 0 Å². The van der Waals surface area contributed by atoms with Crippen LogP contribution in [0.1, 0.15) is 34.1 Å². The maximum Gasteiger partial charge on any atom is 0.181 e. The van der Waals surface area contributed by atoms with Crippen LogP contribution >= 0.6 is 46.4 Å².